The molecule has 0 N–H and O–H groups in total. The lowest BCUT2D eigenvalue weighted by atomic mass is 10.2. The summed E-state index contributed by atoms with van der Waals surface area (Å²) in [5.41, 5.74) is 2.41. The summed E-state index contributed by atoms with van der Waals surface area (Å²) in [6.07, 6.45) is 1.42. The molecule has 3 rings (SSSR count). The lowest BCUT2D eigenvalue weighted by molar-refractivity contribution is 0.0727. The molecule has 0 radical (unpaired) electrons. The Hall–Kier alpha value is -1.89. The summed E-state index contributed by atoms with van der Waals surface area (Å²) in [6.45, 7) is 2.04. The predicted molar refractivity (Wildman–Crippen MR) is 107 cm³/mol. The van der Waals surface area contributed by atoms with Crippen LogP contribution < -0.4 is 4.74 Å². The number of hydrogen-bond acceptors (Lipinski definition) is 5. The first-order valence-corrected chi connectivity index (χ1v) is 9.85. The quantitative estimate of drug-likeness (QED) is 0.216. The minimum absolute atomic E-state index is 0.0522. The molecule has 0 unspecified atom stereocenters. The number of ether oxygens (including phenoxy) is 1. The Labute approximate surface area is 169 Å². The van der Waals surface area contributed by atoms with Crippen LogP contribution in [0.3, 0.4) is 0 Å². The monoisotopic (exact) mass is 448 g/mol. The summed E-state index contributed by atoms with van der Waals surface area (Å²) in [5.74, 6) is 0.504. The topological polar surface area (TPSA) is 52.1 Å². The van der Waals surface area contributed by atoms with Crippen LogP contribution in [0.1, 0.15) is 21.6 Å². The molecule has 0 fully saturated rings. The van der Waals surface area contributed by atoms with E-state index in [4.69, 9.17) is 16.3 Å². The minimum Gasteiger partial charge on any atom is -0.422 e. The molecular weight excluding hydrogens is 436 g/mol. The van der Waals surface area contributed by atoms with Gasteiger partial charge in [0.25, 0.3) is 0 Å². The maximum Gasteiger partial charge on any atom is 0.364 e. The van der Waals surface area contributed by atoms with Gasteiger partial charge in [-0.25, -0.2) is 14.8 Å². The van der Waals surface area contributed by atoms with E-state index in [1.54, 1.807) is 24.3 Å². The summed E-state index contributed by atoms with van der Waals surface area (Å²) in [5, 5.41) is 0.630. The van der Waals surface area contributed by atoms with E-state index in [0.29, 0.717) is 16.7 Å². The Bertz CT molecular complexity index is 935. The molecule has 26 heavy (non-hydrogen) atoms. The Morgan fingerprint density at radius 3 is 2.73 bits per heavy atom. The van der Waals surface area contributed by atoms with Crippen molar-refractivity contribution in [2.24, 2.45) is 0 Å². The van der Waals surface area contributed by atoms with Gasteiger partial charge >= 0.3 is 5.97 Å². The molecule has 0 amide bonds. The number of esters is 1. The number of aryl methyl sites for hydroxylation is 1. The normalized spacial score (nSPS) is 10.6. The van der Waals surface area contributed by atoms with Crippen molar-refractivity contribution in [2.75, 3.05) is 0 Å². The van der Waals surface area contributed by atoms with Gasteiger partial charge in [-0.05, 0) is 36.8 Å². The Kier molecular flexibility index (Phi) is 6.29. The summed E-state index contributed by atoms with van der Waals surface area (Å²) < 4.78 is 6.22. The van der Waals surface area contributed by atoms with Gasteiger partial charge in [-0.2, -0.15) is 0 Å². The van der Waals surface area contributed by atoms with E-state index in [0.717, 1.165) is 10.0 Å². The zero-order chi connectivity index (χ0) is 18.5. The van der Waals surface area contributed by atoms with Crippen LogP contribution in [0.5, 0.6) is 5.75 Å². The van der Waals surface area contributed by atoms with Crippen molar-refractivity contribution in [1.82, 2.24) is 9.97 Å². The van der Waals surface area contributed by atoms with E-state index in [2.05, 4.69) is 32.0 Å². The Balaban J connectivity index is 1.72. The van der Waals surface area contributed by atoms with Gasteiger partial charge in [-0.15, -0.1) is 0 Å². The molecule has 0 saturated carbocycles. The van der Waals surface area contributed by atoms with Crippen LogP contribution >= 0.6 is 39.3 Å². The van der Waals surface area contributed by atoms with Crippen LogP contribution in [0, 0.1) is 6.92 Å². The van der Waals surface area contributed by atoms with E-state index in [1.807, 2.05) is 25.1 Å². The summed E-state index contributed by atoms with van der Waals surface area (Å²) >= 11 is 10.8. The number of benzene rings is 2. The lowest BCUT2D eigenvalue weighted by Crippen LogP contribution is -2.12. The molecule has 3 aromatic rings. The zero-order valence-electron chi connectivity index (χ0n) is 13.8. The summed E-state index contributed by atoms with van der Waals surface area (Å²) in [6, 6.07) is 15.1. The molecule has 0 aliphatic rings. The van der Waals surface area contributed by atoms with E-state index >= 15 is 0 Å². The summed E-state index contributed by atoms with van der Waals surface area (Å²) in [7, 11) is 0. The van der Waals surface area contributed by atoms with Crippen molar-refractivity contribution >= 4 is 45.3 Å². The van der Waals surface area contributed by atoms with Gasteiger partial charge in [0.05, 0.1) is 11.2 Å². The molecule has 1 heterocycles. The number of carbonyl (C=O) groups is 1. The highest BCUT2D eigenvalue weighted by Crippen LogP contribution is 2.24. The number of aromatic nitrogens is 2. The molecule has 0 saturated heterocycles. The van der Waals surface area contributed by atoms with Crippen LogP contribution in [-0.2, 0) is 5.75 Å². The number of hydrogen-bond donors (Lipinski definition) is 0. The van der Waals surface area contributed by atoms with Crippen LogP contribution in [0.2, 0.25) is 5.02 Å². The average molecular weight is 450 g/mol. The van der Waals surface area contributed by atoms with E-state index in [9.17, 15) is 4.79 Å². The van der Waals surface area contributed by atoms with E-state index in [-0.39, 0.29) is 10.7 Å². The molecule has 0 spiro atoms. The average Bonchev–Trinajstić information content (AvgIpc) is 2.63. The first-order chi connectivity index (χ1) is 12.5. The minimum atomic E-state index is -0.614. The van der Waals surface area contributed by atoms with Crippen LogP contribution in [0.25, 0.3) is 0 Å². The third-order valence-corrected chi connectivity index (χ3v) is 5.13. The SMILES string of the molecule is Cc1cccc(CSc2ncc(Cl)c(C(=O)Oc3ccc(Br)cc3)n2)c1. The number of halogens is 2. The standard InChI is InChI=1S/C19H14BrClN2O2S/c1-12-3-2-4-13(9-12)11-26-19-22-10-16(21)17(23-19)18(24)25-15-7-5-14(20)6-8-15/h2-10H,11H2,1H3. The molecule has 0 atom stereocenters. The third kappa shape index (κ3) is 5.06. The van der Waals surface area contributed by atoms with Crippen molar-refractivity contribution in [3.8, 4) is 5.75 Å². The second-order valence-electron chi connectivity index (χ2n) is 5.47. The highest BCUT2D eigenvalue weighted by Gasteiger charge is 2.17. The van der Waals surface area contributed by atoms with Crippen LogP contribution in [0.4, 0.5) is 0 Å². The smallest absolute Gasteiger partial charge is 0.364 e. The fraction of sp³-hybridized carbons (Fsp3) is 0.105. The van der Waals surface area contributed by atoms with Gasteiger partial charge < -0.3 is 4.74 Å². The zero-order valence-corrected chi connectivity index (χ0v) is 16.9. The maximum atomic E-state index is 12.4. The Morgan fingerprint density at radius 2 is 2.00 bits per heavy atom. The van der Waals surface area contributed by atoms with E-state index in [1.165, 1.54) is 23.5 Å². The van der Waals surface area contributed by atoms with Gasteiger partial charge in [-0.1, -0.05) is 69.1 Å². The van der Waals surface area contributed by atoms with Gasteiger partial charge in [0.1, 0.15) is 5.75 Å². The second-order valence-corrected chi connectivity index (χ2v) is 7.74. The number of nitrogens with zero attached hydrogens (tertiary/aromatic N) is 2. The van der Waals surface area contributed by atoms with Crippen LogP contribution in [-0.4, -0.2) is 15.9 Å². The van der Waals surface area contributed by atoms with Crippen molar-refractivity contribution in [3.05, 3.63) is 81.0 Å². The van der Waals surface area contributed by atoms with Gasteiger partial charge in [0.2, 0.25) is 0 Å². The van der Waals surface area contributed by atoms with E-state index < -0.39 is 5.97 Å². The molecule has 0 bridgehead atoms. The fourth-order valence-corrected chi connectivity index (χ4v) is 3.36. The van der Waals surface area contributed by atoms with Crippen molar-refractivity contribution in [1.29, 1.82) is 0 Å². The number of thioether (sulfide) groups is 1. The predicted octanol–water partition coefficient (Wildman–Crippen LogP) is 5.71. The second kappa shape index (κ2) is 8.66. The van der Waals surface area contributed by atoms with Gasteiger partial charge in [-0.3, -0.25) is 0 Å². The summed E-state index contributed by atoms with van der Waals surface area (Å²) in [4.78, 5) is 20.8. The molecule has 7 heteroatoms. The van der Waals surface area contributed by atoms with Crippen molar-refractivity contribution < 1.29 is 9.53 Å². The fourth-order valence-electron chi connectivity index (χ4n) is 2.17. The van der Waals surface area contributed by atoms with Gasteiger partial charge in [0, 0.05) is 10.2 Å². The Morgan fingerprint density at radius 1 is 1.23 bits per heavy atom. The molecule has 132 valence electrons. The molecule has 0 aliphatic carbocycles. The van der Waals surface area contributed by atoms with Crippen molar-refractivity contribution in [2.45, 2.75) is 17.8 Å². The first kappa shape index (κ1) is 18.9. The van der Waals surface area contributed by atoms with Gasteiger partial charge in [0.15, 0.2) is 10.9 Å². The maximum absolute atomic E-state index is 12.4. The first-order valence-electron chi connectivity index (χ1n) is 7.70. The van der Waals surface area contributed by atoms with Crippen molar-refractivity contribution in [3.63, 3.8) is 0 Å². The molecular formula is C19H14BrClN2O2S. The molecule has 0 aliphatic heterocycles. The number of rotatable bonds is 5. The molecule has 4 nitrogen and oxygen atoms in total. The number of carbonyl (C=O) groups excluding carboxylic acids is 1. The molecule has 2 aromatic carbocycles. The third-order valence-electron chi connectivity index (χ3n) is 3.39. The lowest BCUT2D eigenvalue weighted by Gasteiger charge is -2.07. The molecule has 1 aromatic heterocycles. The highest BCUT2D eigenvalue weighted by molar-refractivity contribution is 9.10. The van der Waals surface area contributed by atoms with Crippen LogP contribution in [0.15, 0.2) is 64.4 Å². The largest absolute Gasteiger partial charge is 0.422 e. The highest BCUT2D eigenvalue weighted by atomic mass is 79.9.